The average molecular weight is 355 g/mol. The van der Waals surface area contributed by atoms with Crippen molar-refractivity contribution in [1.82, 2.24) is 0 Å². The Bertz CT molecular complexity index is 1050. The molecule has 24 heavy (non-hydrogen) atoms. The molecule has 0 fully saturated rings. The summed E-state index contributed by atoms with van der Waals surface area (Å²) in [6, 6.07) is 26.0. The lowest BCUT2D eigenvalue weighted by Crippen LogP contribution is -2.01. The summed E-state index contributed by atoms with van der Waals surface area (Å²) in [6.45, 7) is 0. The zero-order chi connectivity index (χ0) is 15.9. The summed E-state index contributed by atoms with van der Waals surface area (Å²) in [5.74, 6) is 0. The van der Waals surface area contributed by atoms with Crippen LogP contribution in [0.25, 0.3) is 21.5 Å². The first-order valence-corrected chi connectivity index (χ1v) is 8.86. The zero-order valence-electron chi connectivity index (χ0n) is 12.7. The van der Waals surface area contributed by atoms with Crippen molar-refractivity contribution in [2.45, 2.75) is 9.79 Å². The maximum atomic E-state index is 12.9. The standard InChI is InChI=1S/C20H14O2S.ClH/c21-23(22,19-11-9-15-5-1-3-7-17(15)13-19)20-12-10-16-6-2-4-8-18(16)14-20;/h1-14H;1H. The smallest absolute Gasteiger partial charge is 0.206 e. The molecule has 0 aliphatic heterocycles. The number of rotatable bonds is 2. The molecule has 0 atom stereocenters. The van der Waals surface area contributed by atoms with E-state index in [4.69, 9.17) is 0 Å². The summed E-state index contributed by atoms with van der Waals surface area (Å²) in [4.78, 5) is 0.651. The van der Waals surface area contributed by atoms with Gasteiger partial charge in [-0.15, -0.1) is 12.4 Å². The third kappa shape index (κ3) is 2.77. The van der Waals surface area contributed by atoms with Crippen LogP contribution in [0.4, 0.5) is 0 Å². The molecule has 0 radical (unpaired) electrons. The first-order chi connectivity index (χ1) is 11.1. The van der Waals surface area contributed by atoms with E-state index in [1.165, 1.54) is 0 Å². The average Bonchev–Trinajstić information content (AvgIpc) is 2.61. The molecule has 0 saturated carbocycles. The van der Waals surface area contributed by atoms with Gasteiger partial charge in [-0.1, -0.05) is 60.7 Å². The van der Waals surface area contributed by atoms with Gasteiger partial charge in [0.05, 0.1) is 9.79 Å². The second-order valence-corrected chi connectivity index (χ2v) is 7.47. The van der Waals surface area contributed by atoms with Crippen molar-refractivity contribution in [2.75, 3.05) is 0 Å². The summed E-state index contributed by atoms with van der Waals surface area (Å²) in [5, 5.41) is 3.92. The van der Waals surface area contributed by atoms with E-state index in [1.54, 1.807) is 24.3 Å². The summed E-state index contributed by atoms with van der Waals surface area (Å²) in [7, 11) is -3.52. The molecule has 0 heterocycles. The number of benzene rings is 4. The van der Waals surface area contributed by atoms with Crippen molar-refractivity contribution >= 4 is 43.8 Å². The van der Waals surface area contributed by atoms with E-state index in [1.807, 2.05) is 60.7 Å². The first kappa shape index (κ1) is 16.5. The lowest BCUT2D eigenvalue weighted by atomic mass is 10.1. The van der Waals surface area contributed by atoms with Gasteiger partial charge in [0.1, 0.15) is 0 Å². The van der Waals surface area contributed by atoms with Crippen LogP contribution in [0, 0.1) is 0 Å². The van der Waals surface area contributed by atoms with Gasteiger partial charge in [-0.2, -0.15) is 0 Å². The van der Waals surface area contributed by atoms with E-state index >= 15 is 0 Å². The number of hydrogen-bond donors (Lipinski definition) is 0. The highest BCUT2D eigenvalue weighted by Gasteiger charge is 2.18. The predicted molar refractivity (Wildman–Crippen MR) is 101 cm³/mol. The van der Waals surface area contributed by atoms with Gasteiger partial charge >= 0.3 is 0 Å². The SMILES string of the molecule is Cl.O=S(=O)(c1ccc2ccccc2c1)c1ccc2ccccc2c1. The van der Waals surface area contributed by atoms with Crippen LogP contribution in [0.3, 0.4) is 0 Å². The van der Waals surface area contributed by atoms with Crippen LogP contribution in [0.1, 0.15) is 0 Å². The van der Waals surface area contributed by atoms with Crippen molar-refractivity contribution in [3.8, 4) is 0 Å². The summed E-state index contributed by atoms with van der Waals surface area (Å²) < 4.78 is 25.8. The third-order valence-corrected chi connectivity index (χ3v) is 5.81. The molecule has 0 saturated heterocycles. The fraction of sp³-hybridized carbons (Fsp3) is 0. The van der Waals surface area contributed by atoms with Gasteiger partial charge in [0.15, 0.2) is 0 Å². The van der Waals surface area contributed by atoms with Crippen LogP contribution >= 0.6 is 12.4 Å². The van der Waals surface area contributed by atoms with Crippen LogP contribution in [0.5, 0.6) is 0 Å². The summed E-state index contributed by atoms with van der Waals surface area (Å²) in [6.07, 6.45) is 0. The largest absolute Gasteiger partial charge is 0.219 e. The van der Waals surface area contributed by atoms with Crippen molar-refractivity contribution in [2.24, 2.45) is 0 Å². The van der Waals surface area contributed by atoms with Gasteiger partial charge in [-0.05, 0) is 45.8 Å². The van der Waals surface area contributed by atoms with E-state index in [0.717, 1.165) is 21.5 Å². The maximum absolute atomic E-state index is 12.9. The molecule has 0 aliphatic carbocycles. The van der Waals surface area contributed by atoms with E-state index in [9.17, 15) is 8.42 Å². The number of hydrogen-bond acceptors (Lipinski definition) is 2. The summed E-state index contributed by atoms with van der Waals surface area (Å²) in [5.41, 5.74) is 0. The van der Waals surface area contributed by atoms with Gasteiger partial charge in [-0.3, -0.25) is 0 Å². The molecule has 4 rings (SSSR count). The van der Waals surface area contributed by atoms with Gasteiger partial charge in [0, 0.05) is 0 Å². The van der Waals surface area contributed by atoms with Crippen LogP contribution in [0.2, 0.25) is 0 Å². The Morgan fingerprint density at radius 2 is 0.875 bits per heavy atom. The molecule has 0 N–H and O–H groups in total. The van der Waals surface area contributed by atoms with Crippen LogP contribution in [0.15, 0.2) is 94.7 Å². The van der Waals surface area contributed by atoms with Crippen LogP contribution < -0.4 is 0 Å². The van der Waals surface area contributed by atoms with Crippen molar-refractivity contribution in [3.63, 3.8) is 0 Å². The minimum Gasteiger partial charge on any atom is -0.219 e. The molecule has 120 valence electrons. The molecule has 0 amide bonds. The van der Waals surface area contributed by atoms with Gasteiger partial charge in [0.2, 0.25) is 9.84 Å². The highest BCUT2D eigenvalue weighted by Crippen LogP contribution is 2.27. The molecule has 4 aromatic carbocycles. The number of sulfone groups is 1. The van der Waals surface area contributed by atoms with Crippen LogP contribution in [-0.4, -0.2) is 8.42 Å². The van der Waals surface area contributed by atoms with Gasteiger partial charge in [0.25, 0.3) is 0 Å². The van der Waals surface area contributed by atoms with Crippen LogP contribution in [-0.2, 0) is 9.84 Å². The second kappa shape index (κ2) is 6.27. The van der Waals surface area contributed by atoms with E-state index in [-0.39, 0.29) is 12.4 Å². The maximum Gasteiger partial charge on any atom is 0.206 e. The van der Waals surface area contributed by atoms with Gasteiger partial charge < -0.3 is 0 Å². The fourth-order valence-corrected chi connectivity index (χ4v) is 4.14. The minimum atomic E-state index is -3.52. The lowest BCUT2D eigenvalue weighted by molar-refractivity contribution is 0.596. The quantitative estimate of drug-likeness (QED) is 0.493. The Labute approximate surface area is 147 Å². The Hall–Kier alpha value is -2.36. The van der Waals surface area contributed by atoms with Crippen molar-refractivity contribution in [3.05, 3.63) is 84.9 Å². The monoisotopic (exact) mass is 354 g/mol. The zero-order valence-corrected chi connectivity index (χ0v) is 14.3. The first-order valence-electron chi connectivity index (χ1n) is 7.37. The topological polar surface area (TPSA) is 34.1 Å². The molecular formula is C20H15ClO2S. The third-order valence-electron chi connectivity index (χ3n) is 4.06. The Kier molecular flexibility index (Phi) is 4.31. The molecule has 4 heteroatoms. The number of fused-ring (bicyclic) bond motifs is 2. The van der Waals surface area contributed by atoms with E-state index in [0.29, 0.717) is 9.79 Å². The van der Waals surface area contributed by atoms with E-state index < -0.39 is 9.84 Å². The van der Waals surface area contributed by atoms with Crippen molar-refractivity contribution in [1.29, 1.82) is 0 Å². The van der Waals surface area contributed by atoms with Crippen molar-refractivity contribution < 1.29 is 8.42 Å². The minimum absolute atomic E-state index is 0. The molecule has 2 nitrogen and oxygen atoms in total. The highest BCUT2D eigenvalue weighted by molar-refractivity contribution is 7.91. The molecule has 0 spiro atoms. The fourth-order valence-electron chi connectivity index (χ4n) is 2.81. The molecule has 0 aliphatic rings. The second-order valence-electron chi connectivity index (χ2n) is 5.52. The van der Waals surface area contributed by atoms with E-state index in [2.05, 4.69) is 0 Å². The Morgan fingerprint density at radius 3 is 1.29 bits per heavy atom. The molecule has 0 unspecified atom stereocenters. The van der Waals surface area contributed by atoms with Gasteiger partial charge in [-0.25, -0.2) is 8.42 Å². The lowest BCUT2D eigenvalue weighted by Gasteiger charge is -2.07. The Morgan fingerprint density at radius 1 is 0.500 bits per heavy atom. The number of halogens is 1. The molecule has 0 bridgehead atoms. The predicted octanol–water partition coefficient (Wildman–Crippen LogP) is 5.25. The highest BCUT2D eigenvalue weighted by atomic mass is 35.5. The normalized spacial score (nSPS) is 11.3. The molecule has 0 aromatic heterocycles. The molecular weight excluding hydrogens is 340 g/mol. The Balaban J connectivity index is 0.00000169. The summed E-state index contributed by atoms with van der Waals surface area (Å²) >= 11 is 0. The molecule has 4 aromatic rings.